The zero-order chi connectivity index (χ0) is 81.2. The third-order valence-corrected chi connectivity index (χ3v) is 16.0. The van der Waals surface area contributed by atoms with Crippen LogP contribution < -0.4 is 0 Å². The van der Waals surface area contributed by atoms with Gasteiger partial charge >= 0.3 is 0 Å². The molecule has 117 heavy (non-hydrogen) atoms. The summed E-state index contributed by atoms with van der Waals surface area (Å²) in [6, 6.07) is 96.3. The van der Waals surface area contributed by atoms with Crippen LogP contribution in [0.1, 0.15) is 69.2 Å². The zero-order valence-corrected chi connectivity index (χ0v) is 78.8. The second-order valence-electron chi connectivity index (χ2n) is 24.1. The van der Waals surface area contributed by atoms with Gasteiger partial charge in [0.25, 0.3) is 0 Å². The van der Waals surface area contributed by atoms with Crippen LogP contribution in [-0.4, -0.2) is 79.4 Å². The number of aliphatic hydroxyl groups excluding tert-OH is 5. The number of hydrogen-bond donors (Lipinski definition) is 5. The maximum absolute atomic E-state index is 10.0. The van der Waals surface area contributed by atoms with E-state index in [1.54, 1.807) is 28.9 Å². The molecule has 0 bridgehead atoms. The molecule has 0 aliphatic carbocycles. The number of carbonyl (C=O) groups is 5. The van der Waals surface area contributed by atoms with Crippen molar-refractivity contribution in [3.63, 3.8) is 0 Å². The van der Waals surface area contributed by atoms with Crippen LogP contribution in [0.2, 0.25) is 0 Å². The van der Waals surface area contributed by atoms with Crippen LogP contribution in [0, 0.1) is 30.3 Å². The van der Waals surface area contributed by atoms with Gasteiger partial charge in [0.05, 0.1) is 39.8 Å². The van der Waals surface area contributed by atoms with Gasteiger partial charge in [0.15, 0.2) is 28.9 Å². The Morgan fingerprint density at radius 3 is 1.29 bits per heavy atom. The minimum atomic E-state index is -0.125. The molecular formula is C94H84Ir5N5O11S2-5. The summed E-state index contributed by atoms with van der Waals surface area (Å²) in [7, 11) is 0. The first kappa shape index (κ1) is 105. The van der Waals surface area contributed by atoms with Crippen molar-refractivity contribution in [3.8, 4) is 55.1 Å². The second-order valence-corrected chi connectivity index (χ2v) is 26.1. The Bertz CT molecular complexity index is 5410. The number of oxazole rings is 1. The number of benzene rings is 9. The molecular weight excluding hydrogens is 2400 g/mol. The predicted molar refractivity (Wildman–Crippen MR) is 453 cm³/mol. The maximum atomic E-state index is 10.0. The molecule has 16 nitrogen and oxygen atoms in total. The number of pyridine rings is 3. The van der Waals surface area contributed by atoms with Gasteiger partial charge in [-0.15, -0.1) is 137 Å². The standard InChI is InChI=1S/C17H10NS.2C15H10N.C13H8NO.C9H6NS.5C5H8O2.5Ir/c1-2-8-13-12(6-1)7-5-9-14(13)17-18-15-10-3-4-11-16(15)19-17;1-2-7-13(8-3-1)15-14-9-5-4-6-12(14)10-11-16-15;1-2-6-12(7-3-1)15-10-13-8-4-5-9-14(13)11-16-15;1-2-6-10(7-3-1)13-14-11-8-4-5-9-12(11)15-13;1-2-6-10-8(4-1)9-5-3-7-11-9;5*1-4(6)3-5(2)7;;;;;/h1-8,10-11H;1-7,9-11H;1-6,8-11H;1-6,8-9H;1-4,6-7H;5*3,6H,1-2H3;;;;;/q5*-1;;;;;;;;;;. The minimum Gasteiger partial charge on any atom is -0.512 e. The largest absolute Gasteiger partial charge is 0.512 e. The van der Waals surface area contributed by atoms with Gasteiger partial charge in [0.2, 0.25) is 0 Å². The molecule has 613 valence electrons. The maximum Gasteiger partial charge on any atom is 0.155 e. The fraction of sp³-hybridized carbons (Fsp3) is 0.106. The molecule has 15 aromatic rings. The van der Waals surface area contributed by atoms with E-state index in [0.29, 0.717) is 5.89 Å². The fourth-order valence-electron chi connectivity index (χ4n) is 9.84. The number of nitrogens with zero attached hydrogens (tertiary/aromatic N) is 5. The van der Waals surface area contributed by atoms with Gasteiger partial charge < -0.3 is 44.9 Å². The molecule has 0 spiro atoms. The van der Waals surface area contributed by atoms with Crippen LogP contribution in [0.3, 0.4) is 0 Å². The smallest absolute Gasteiger partial charge is 0.155 e. The summed E-state index contributed by atoms with van der Waals surface area (Å²) in [5.41, 5.74) is 9.78. The predicted octanol–water partition coefficient (Wildman–Crippen LogP) is 23.4. The number of fused-ring (bicyclic) bond motifs is 5. The van der Waals surface area contributed by atoms with E-state index in [2.05, 4.69) is 129 Å². The first-order chi connectivity index (χ1) is 53.8. The van der Waals surface area contributed by atoms with Crippen LogP contribution >= 0.6 is 22.7 Å². The average Bonchev–Trinajstić information content (AvgIpc) is 1.71. The molecule has 0 atom stereocenters. The molecule has 0 unspecified atom stereocenters. The van der Waals surface area contributed by atoms with E-state index in [9.17, 15) is 24.0 Å². The SMILES string of the molecule is CC(=O)C=C(C)O.CC(=O)C=C(C)O.CC(=O)C=C(C)O.CC(=O)C=C(C)O.CC(=O)C=C(C)O.[Ir].[Ir].[Ir].[Ir].[Ir].[c-]1ccc2ccccc2c1-c1nc2ccccc2s1.[c-]1ccccc1-c1cc2ccccc2cn1.[c-]1ccccc1-c1nc2ccccc2o1.[c-]1ccccc1-c1nccc2ccccc12.[c-]1ccsc1-c1ccccn1. The number of para-hydroxylation sites is 3. The van der Waals surface area contributed by atoms with Gasteiger partial charge in [-0.1, -0.05) is 131 Å². The van der Waals surface area contributed by atoms with Crippen molar-refractivity contribution in [2.24, 2.45) is 0 Å². The monoisotopic (exact) mass is 2490 g/mol. The van der Waals surface area contributed by atoms with Crippen LogP contribution in [0.25, 0.3) is 109 Å². The Morgan fingerprint density at radius 1 is 0.368 bits per heavy atom. The molecule has 5 N–H and O–H groups in total. The fourth-order valence-corrected chi connectivity index (χ4v) is 11.5. The number of thiazole rings is 1. The number of hydrogen-bond acceptors (Lipinski definition) is 18. The Hall–Kier alpha value is -10.4. The molecule has 5 radical (unpaired) electrons. The summed E-state index contributed by atoms with van der Waals surface area (Å²) in [6.45, 7) is 14.2. The first-order valence-electron chi connectivity index (χ1n) is 34.8. The number of rotatable bonds is 10. The summed E-state index contributed by atoms with van der Waals surface area (Å²) in [4.78, 5) is 73.4. The van der Waals surface area contributed by atoms with Crippen molar-refractivity contribution in [3.05, 3.63) is 356 Å². The van der Waals surface area contributed by atoms with E-state index in [4.69, 9.17) is 34.9 Å². The van der Waals surface area contributed by atoms with Gasteiger partial charge in [-0.2, -0.15) is 23.5 Å². The van der Waals surface area contributed by atoms with Crippen molar-refractivity contribution in [2.45, 2.75) is 69.2 Å². The number of aromatic nitrogens is 5. The van der Waals surface area contributed by atoms with Crippen LogP contribution in [0.5, 0.6) is 0 Å². The molecule has 0 saturated heterocycles. The normalized spacial score (nSPS) is 10.4. The molecule has 0 aliphatic rings. The quantitative estimate of drug-likeness (QED) is 0.0484. The van der Waals surface area contributed by atoms with Crippen molar-refractivity contribution in [2.75, 3.05) is 0 Å². The molecule has 6 aromatic heterocycles. The van der Waals surface area contributed by atoms with Crippen LogP contribution in [0.15, 0.2) is 330 Å². The van der Waals surface area contributed by atoms with E-state index in [0.717, 1.165) is 65.8 Å². The van der Waals surface area contributed by atoms with Gasteiger partial charge in [-0.05, 0) is 144 Å². The second kappa shape index (κ2) is 57.6. The van der Waals surface area contributed by atoms with E-state index < -0.39 is 0 Å². The number of ketones is 5. The average molecular weight is 2480 g/mol. The number of thiophene rings is 1. The van der Waals surface area contributed by atoms with Crippen molar-refractivity contribution in [1.82, 2.24) is 24.9 Å². The molecule has 9 aromatic carbocycles. The van der Waals surface area contributed by atoms with E-state index in [1.165, 1.54) is 137 Å². The number of carbonyl (C=O) groups excluding carboxylic acids is 5. The molecule has 15 rings (SSSR count). The molecule has 6 heterocycles. The van der Waals surface area contributed by atoms with E-state index in [-0.39, 0.29) is 158 Å². The summed E-state index contributed by atoms with van der Waals surface area (Å²) in [5.74, 6) is 0.310. The van der Waals surface area contributed by atoms with E-state index >= 15 is 0 Å². The summed E-state index contributed by atoms with van der Waals surface area (Å²) < 4.78 is 6.83. The molecule has 0 saturated carbocycles. The Morgan fingerprint density at radius 2 is 0.821 bits per heavy atom. The third-order valence-electron chi connectivity index (χ3n) is 14.1. The number of aliphatic hydroxyl groups is 5. The van der Waals surface area contributed by atoms with Gasteiger partial charge in [-0.3, -0.25) is 33.9 Å². The summed E-state index contributed by atoms with van der Waals surface area (Å²) in [5, 5.41) is 52.1. The van der Waals surface area contributed by atoms with Crippen molar-refractivity contribution < 1.29 is 154 Å². The van der Waals surface area contributed by atoms with E-state index in [1.807, 2.05) is 182 Å². The van der Waals surface area contributed by atoms with Gasteiger partial charge in [-0.25, -0.2) is 11.3 Å². The van der Waals surface area contributed by atoms with Crippen LogP contribution in [0.4, 0.5) is 0 Å². The molecule has 23 heteroatoms. The molecule has 0 fully saturated rings. The Kier molecular flexibility index (Phi) is 51.5. The Labute approximate surface area is 757 Å². The van der Waals surface area contributed by atoms with Crippen LogP contribution in [-0.2, 0) is 124 Å². The van der Waals surface area contributed by atoms with Gasteiger partial charge in [0.1, 0.15) is 11.5 Å². The van der Waals surface area contributed by atoms with Crippen molar-refractivity contribution >= 4 is 105 Å². The topological polar surface area (TPSA) is 264 Å². The molecule has 0 aliphatic heterocycles. The third kappa shape index (κ3) is 39.8. The zero-order valence-electron chi connectivity index (χ0n) is 65.2. The molecule has 0 amide bonds. The van der Waals surface area contributed by atoms with Crippen molar-refractivity contribution in [1.29, 1.82) is 0 Å². The summed E-state index contributed by atoms with van der Waals surface area (Å²) >= 11 is 3.38. The Balaban J connectivity index is 0.000000663. The summed E-state index contributed by atoms with van der Waals surface area (Å²) in [6.07, 6.45) is 11.4. The number of allylic oxidation sites excluding steroid dienone is 10. The minimum absolute atomic E-state index is 0. The first-order valence-corrected chi connectivity index (χ1v) is 36.5. The van der Waals surface area contributed by atoms with Gasteiger partial charge in [0, 0.05) is 159 Å².